The number of aliphatic carboxylic acids is 3. The predicted molar refractivity (Wildman–Crippen MR) is 239 cm³/mol. The highest BCUT2D eigenvalue weighted by Crippen LogP contribution is 2.21. The van der Waals surface area contributed by atoms with Gasteiger partial charge in [-0.05, 0) is 103 Å². The fourth-order valence-corrected chi connectivity index (χ4v) is 6.86. The first kappa shape index (κ1) is 57.7. The van der Waals surface area contributed by atoms with Crippen molar-refractivity contribution in [3.63, 3.8) is 0 Å². The van der Waals surface area contributed by atoms with E-state index in [-0.39, 0.29) is 96.0 Å². The third-order valence-corrected chi connectivity index (χ3v) is 10.4. The molecule has 0 spiro atoms. The number of nitrogens with one attached hydrogen (secondary N) is 5. The van der Waals surface area contributed by atoms with Crippen molar-refractivity contribution in [2.75, 3.05) is 32.7 Å². The summed E-state index contributed by atoms with van der Waals surface area (Å²) >= 11 is 0. The lowest BCUT2D eigenvalue weighted by Gasteiger charge is -2.31. The van der Waals surface area contributed by atoms with Gasteiger partial charge in [-0.25, -0.2) is 4.79 Å². The fraction of sp³-hybridized carbons (Fsp3) is 0.718. The lowest BCUT2D eigenvalue weighted by molar-refractivity contribution is -0.143. The van der Waals surface area contributed by atoms with Gasteiger partial charge in [0.05, 0.1) is 6.04 Å². The van der Waals surface area contributed by atoms with Gasteiger partial charge in [0.25, 0.3) is 0 Å². The maximum Gasteiger partial charge on any atom is 0.326 e. The number of amides is 6. The molecule has 0 radical (unpaired) electrons. The molecule has 66 heavy (non-hydrogen) atoms. The lowest BCUT2D eigenvalue weighted by Crippen LogP contribution is -2.59. The molecule has 0 unspecified atom stereocenters. The van der Waals surface area contributed by atoms with Crippen LogP contribution < -0.4 is 66.7 Å². The molecule has 6 amide bonds. The second-order valence-corrected chi connectivity index (χ2v) is 15.8. The van der Waals surface area contributed by atoms with Crippen molar-refractivity contribution in [1.29, 1.82) is 0 Å². The van der Waals surface area contributed by atoms with Crippen LogP contribution in [0.2, 0.25) is 0 Å². The number of likely N-dealkylation sites (tertiary alicyclic amines) is 1. The molecular weight excluding hydrogens is 871 g/mol. The third kappa shape index (κ3) is 23.0. The number of carboxylic acid groups (broad SMARTS) is 3. The van der Waals surface area contributed by atoms with Gasteiger partial charge in [0.1, 0.15) is 36.3 Å². The van der Waals surface area contributed by atoms with Gasteiger partial charge in [-0.15, -0.1) is 0 Å². The second kappa shape index (κ2) is 31.5. The molecule has 1 fully saturated rings. The lowest BCUT2D eigenvalue weighted by atomic mass is 10.0. The Kier molecular flexibility index (Phi) is 27.5. The molecule has 1 heterocycles. The molecule has 7 atom stereocenters. The predicted octanol–water partition coefficient (Wildman–Crippen LogP) is -5.09. The van der Waals surface area contributed by atoms with E-state index in [1.54, 1.807) is 0 Å². The van der Waals surface area contributed by atoms with Crippen LogP contribution in [0.5, 0.6) is 0 Å². The number of guanidine groups is 2. The first-order valence-corrected chi connectivity index (χ1v) is 22.0. The SMILES string of the molecule is NCCCC[C@H](NC(=O)[C@H](CCCN=C(N)N)NC(=O)[C@@H]1CCCN1C(=O)[C@H](CCCN=C(N)N)NC(=O)[C@H](CCCCN)NC(=O)[C@@H](N)CCC(=O)O)C(=O)N[C@@H](CCC(=O)O)C(=O)O. The van der Waals surface area contributed by atoms with Crippen LogP contribution in [0.25, 0.3) is 0 Å². The van der Waals surface area contributed by atoms with E-state index in [9.17, 15) is 48.3 Å². The van der Waals surface area contributed by atoms with E-state index >= 15 is 0 Å². The zero-order valence-corrected chi connectivity index (χ0v) is 37.3. The highest BCUT2D eigenvalue weighted by Gasteiger charge is 2.40. The van der Waals surface area contributed by atoms with Crippen LogP contribution in [0.3, 0.4) is 0 Å². The average molecular weight is 942 g/mol. The molecule has 0 bridgehead atoms. The minimum Gasteiger partial charge on any atom is -0.481 e. The summed E-state index contributed by atoms with van der Waals surface area (Å²) in [5.74, 6) is -9.09. The normalized spacial score (nSPS) is 15.9. The van der Waals surface area contributed by atoms with Crippen molar-refractivity contribution in [1.82, 2.24) is 31.5 Å². The van der Waals surface area contributed by atoms with Gasteiger partial charge in [0.15, 0.2) is 11.9 Å². The van der Waals surface area contributed by atoms with Gasteiger partial charge in [-0.1, -0.05) is 0 Å². The number of nitrogens with zero attached hydrogens (tertiary/aromatic N) is 3. The summed E-state index contributed by atoms with van der Waals surface area (Å²) in [6, 6.07) is -9.13. The van der Waals surface area contributed by atoms with Crippen LogP contribution in [0.15, 0.2) is 9.98 Å². The largest absolute Gasteiger partial charge is 0.481 e. The van der Waals surface area contributed by atoms with Crippen LogP contribution in [0, 0.1) is 0 Å². The molecule has 1 saturated heterocycles. The number of unbranched alkanes of at least 4 members (excludes halogenated alkanes) is 2. The zero-order chi connectivity index (χ0) is 49.8. The molecule has 1 rings (SSSR count). The number of hydrogen-bond acceptors (Lipinski definition) is 14. The molecule has 27 nitrogen and oxygen atoms in total. The topological polar surface area (TPSA) is 485 Å². The Bertz CT molecular complexity index is 1690. The number of nitrogens with two attached hydrogens (primary N) is 7. The highest BCUT2D eigenvalue weighted by atomic mass is 16.4. The second-order valence-electron chi connectivity index (χ2n) is 15.8. The van der Waals surface area contributed by atoms with Gasteiger partial charge in [0, 0.05) is 32.5 Å². The number of carbonyl (C=O) groups is 9. The monoisotopic (exact) mass is 942 g/mol. The van der Waals surface area contributed by atoms with E-state index in [2.05, 4.69) is 36.6 Å². The summed E-state index contributed by atoms with van der Waals surface area (Å²) in [6.07, 6.45) is 0.929. The van der Waals surface area contributed by atoms with Crippen molar-refractivity contribution in [2.45, 2.75) is 145 Å². The number of carboxylic acids is 3. The summed E-state index contributed by atoms with van der Waals surface area (Å²) in [7, 11) is 0. The average Bonchev–Trinajstić information content (AvgIpc) is 3.75. The number of rotatable bonds is 34. The van der Waals surface area contributed by atoms with Gasteiger partial charge in [-0.2, -0.15) is 0 Å². The van der Waals surface area contributed by atoms with Crippen LogP contribution in [0.1, 0.15) is 103 Å². The molecular formula is C39H71N15O12. The smallest absolute Gasteiger partial charge is 0.326 e. The fourth-order valence-electron chi connectivity index (χ4n) is 6.86. The van der Waals surface area contributed by atoms with Gasteiger partial charge in [0.2, 0.25) is 35.4 Å². The van der Waals surface area contributed by atoms with Gasteiger partial charge >= 0.3 is 17.9 Å². The van der Waals surface area contributed by atoms with Crippen LogP contribution >= 0.6 is 0 Å². The standard InChI is InChI=1S/C39H71N15O12/c40-17-3-1-8-23(49-31(59)22(42)13-15-29(55)56)33(61)52-26(11-6-20-48-39(45)46)36(64)54-21-7-12-28(54)35(63)51-25(10-5-19-47-38(43)44)32(60)50-24(9-2-4-18-41)34(62)53-27(37(65)66)14-16-30(57)58/h22-28H,1-21,40-42H2,(H,49,59)(H,50,60)(H,51,63)(H,52,61)(H,53,62)(H,55,56)(H,57,58)(H,65,66)(H4,43,44,47)(H4,45,46,48)/t22-,23-,24-,25-,26-,27-,28-/m0/s1. The Morgan fingerprint density at radius 3 is 1.44 bits per heavy atom. The minimum absolute atomic E-state index is 0.00495. The van der Waals surface area contributed by atoms with Crippen LogP contribution in [-0.2, 0) is 43.2 Å². The van der Waals surface area contributed by atoms with E-state index in [1.807, 2.05) is 0 Å². The molecule has 0 aromatic heterocycles. The van der Waals surface area contributed by atoms with Crippen LogP contribution in [0.4, 0.5) is 0 Å². The molecule has 0 saturated carbocycles. The Hall–Kier alpha value is -6.35. The Morgan fingerprint density at radius 2 is 0.970 bits per heavy atom. The summed E-state index contributed by atoms with van der Waals surface area (Å²) in [6.45, 7) is 0.725. The molecule has 0 aromatic rings. The quantitative estimate of drug-likeness (QED) is 0.0163. The Balaban J connectivity index is 3.46. The molecule has 374 valence electrons. The van der Waals surface area contributed by atoms with E-state index in [1.165, 1.54) is 4.90 Å². The van der Waals surface area contributed by atoms with Crippen molar-refractivity contribution in [3.8, 4) is 0 Å². The van der Waals surface area contributed by atoms with Crippen LogP contribution in [-0.4, -0.2) is 161 Å². The minimum atomic E-state index is -1.59. The van der Waals surface area contributed by atoms with Crippen molar-refractivity contribution >= 4 is 65.3 Å². The first-order valence-electron chi connectivity index (χ1n) is 22.0. The van der Waals surface area contributed by atoms with Gasteiger partial charge < -0.3 is 86.9 Å². The summed E-state index contributed by atoms with van der Waals surface area (Å²) in [5.41, 5.74) is 39.0. The van der Waals surface area contributed by atoms with Gasteiger partial charge in [-0.3, -0.25) is 48.3 Å². The Labute approximate surface area is 382 Å². The summed E-state index contributed by atoms with van der Waals surface area (Å²) in [5, 5.41) is 40.5. The molecule has 1 aliphatic heterocycles. The van der Waals surface area contributed by atoms with E-state index in [0.717, 1.165) is 0 Å². The molecule has 27 heteroatoms. The van der Waals surface area contributed by atoms with E-state index < -0.39 is 115 Å². The molecule has 0 aliphatic carbocycles. The van der Waals surface area contributed by atoms with Crippen molar-refractivity contribution in [3.05, 3.63) is 0 Å². The highest BCUT2D eigenvalue weighted by molar-refractivity contribution is 5.97. The molecule has 1 aliphatic rings. The third-order valence-electron chi connectivity index (χ3n) is 10.4. The summed E-state index contributed by atoms with van der Waals surface area (Å²) < 4.78 is 0. The molecule has 0 aromatic carbocycles. The number of hydrogen-bond donors (Lipinski definition) is 15. The summed E-state index contributed by atoms with van der Waals surface area (Å²) in [4.78, 5) is 126. The zero-order valence-electron chi connectivity index (χ0n) is 37.3. The number of aliphatic imine (C=N–C) groups is 2. The van der Waals surface area contributed by atoms with E-state index in [4.69, 9.17) is 50.3 Å². The molecule has 22 N–H and O–H groups in total. The van der Waals surface area contributed by atoms with Crippen molar-refractivity contribution in [2.24, 2.45) is 50.1 Å². The number of carbonyl (C=O) groups excluding carboxylic acids is 6. The maximum absolute atomic E-state index is 14.4. The maximum atomic E-state index is 14.4. The first-order chi connectivity index (χ1) is 31.2. The Morgan fingerprint density at radius 1 is 0.545 bits per heavy atom. The van der Waals surface area contributed by atoms with Crippen molar-refractivity contribution < 1.29 is 58.5 Å². The van der Waals surface area contributed by atoms with E-state index in [0.29, 0.717) is 32.1 Å².